The summed E-state index contributed by atoms with van der Waals surface area (Å²) in [5, 5.41) is 8.18. The number of hydrogen-bond donors (Lipinski definition) is 0. The quantitative estimate of drug-likeness (QED) is 0.313. The van der Waals surface area contributed by atoms with Crippen LogP contribution >= 0.6 is 11.6 Å². The van der Waals surface area contributed by atoms with Crippen LogP contribution < -0.4 is 0 Å². The van der Waals surface area contributed by atoms with Gasteiger partial charge < -0.3 is 4.74 Å². The summed E-state index contributed by atoms with van der Waals surface area (Å²) in [6.07, 6.45) is -5.50. The van der Waals surface area contributed by atoms with E-state index in [4.69, 9.17) is 16.3 Å². The summed E-state index contributed by atoms with van der Waals surface area (Å²) in [5.41, 5.74) is -0.661. The van der Waals surface area contributed by atoms with E-state index in [0.29, 0.717) is 0 Å². The zero-order valence-electron chi connectivity index (χ0n) is 18.5. The number of aryl methyl sites for hydroxylation is 1. The van der Waals surface area contributed by atoms with Gasteiger partial charge in [-0.3, -0.25) is 4.79 Å². The second kappa shape index (κ2) is 9.03. The molecule has 0 aromatic heterocycles. The fourth-order valence-corrected chi connectivity index (χ4v) is 4.01. The Balaban J connectivity index is 1.81. The second-order valence-corrected chi connectivity index (χ2v) is 9.26. The molecule has 2 aromatic carbocycles. The van der Waals surface area contributed by atoms with Gasteiger partial charge in [0.15, 0.2) is 0 Å². The Kier molecular flexibility index (Phi) is 6.82. The molecule has 0 saturated heterocycles. The Hall–Kier alpha value is -2.92. The number of rotatable bonds is 6. The maximum atomic E-state index is 15.0. The van der Waals surface area contributed by atoms with Gasteiger partial charge in [-0.05, 0) is 24.3 Å². The van der Waals surface area contributed by atoms with Gasteiger partial charge in [0.25, 0.3) is 5.92 Å². The standard InChI is InChI=1S/C25H21ClF5NO2/c1-14-7-9-16(10-8-14)24(27,28)17-6-4-5-15(11-17)19(13-32)34-22(33)21-18(23(21,2)3)12-20(26)25(29,30)31/h4-12,18-19,21H,1-3H3. The molecule has 9 heteroatoms. The number of alkyl halides is 5. The summed E-state index contributed by atoms with van der Waals surface area (Å²) < 4.78 is 73.6. The molecule has 3 nitrogen and oxygen atoms in total. The van der Waals surface area contributed by atoms with Crippen LogP contribution in [0.3, 0.4) is 0 Å². The minimum absolute atomic E-state index is 0.0269. The molecule has 180 valence electrons. The molecule has 0 spiro atoms. The van der Waals surface area contributed by atoms with Crippen molar-refractivity contribution in [3.63, 3.8) is 0 Å². The van der Waals surface area contributed by atoms with Crippen molar-refractivity contribution < 1.29 is 31.5 Å². The van der Waals surface area contributed by atoms with Crippen LogP contribution in [0.15, 0.2) is 59.6 Å². The number of nitriles is 1. The summed E-state index contributed by atoms with van der Waals surface area (Å²) in [4.78, 5) is 12.7. The molecule has 1 aliphatic rings. The first-order valence-electron chi connectivity index (χ1n) is 10.3. The van der Waals surface area contributed by atoms with Gasteiger partial charge >= 0.3 is 12.1 Å². The SMILES string of the molecule is Cc1ccc(C(F)(F)c2cccc(C(C#N)OC(=O)C3C(C=C(Cl)C(F)(F)F)C3(C)C)c2)cc1. The van der Waals surface area contributed by atoms with Crippen molar-refractivity contribution in [1.82, 2.24) is 0 Å². The van der Waals surface area contributed by atoms with Gasteiger partial charge in [0.1, 0.15) is 11.1 Å². The minimum Gasteiger partial charge on any atom is -0.442 e. The van der Waals surface area contributed by atoms with E-state index in [-0.39, 0.29) is 11.1 Å². The lowest BCUT2D eigenvalue weighted by molar-refractivity contribution is -0.149. The lowest BCUT2D eigenvalue weighted by Crippen LogP contribution is -2.17. The molecule has 1 aliphatic carbocycles. The van der Waals surface area contributed by atoms with Gasteiger partial charge in [0.2, 0.25) is 6.10 Å². The predicted molar refractivity (Wildman–Crippen MR) is 116 cm³/mol. The van der Waals surface area contributed by atoms with E-state index < -0.39 is 52.0 Å². The van der Waals surface area contributed by atoms with E-state index >= 15 is 8.78 Å². The molecule has 0 aliphatic heterocycles. The molecule has 0 radical (unpaired) electrons. The number of hydrogen-bond acceptors (Lipinski definition) is 3. The number of ether oxygens (including phenoxy) is 1. The van der Waals surface area contributed by atoms with Gasteiger partial charge in [-0.1, -0.05) is 79.6 Å². The molecule has 2 aromatic rings. The molecule has 1 fully saturated rings. The summed E-state index contributed by atoms with van der Waals surface area (Å²) in [6.45, 7) is 4.92. The number of carbonyl (C=O) groups is 1. The summed E-state index contributed by atoms with van der Waals surface area (Å²) in [6, 6.07) is 12.4. The number of allylic oxidation sites excluding steroid dienone is 2. The van der Waals surface area contributed by atoms with Crippen LogP contribution in [0.5, 0.6) is 0 Å². The molecule has 0 bridgehead atoms. The van der Waals surface area contributed by atoms with Gasteiger partial charge in [-0.25, -0.2) is 0 Å². The number of benzene rings is 2. The molecule has 1 saturated carbocycles. The number of halogens is 6. The fourth-order valence-electron chi connectivity index (χ4n) is 3.88. The van der Waals surface area contributed by atoms with Crippen LogP contribution in [0.1, 0.15) is 42.2 Å². The first-order chi connectivity index (χ1) is 15.7. The number of carbonyl (C=O) groups excluding carboxylic acids is 1. The lowest BCUT2D eigenvalue weighted by Gasteiger charge is -2.19. The minimum atomic E-state index is -4.74. The second-order valence-electron chi connectivity index (χ2n) is 8.85. The molecule has 0 amide bonds. The Morgan fingerprint density at radius 2 is 1.74 bits per heavy atom. The molecule has 0 heterocycles. The van der Waals surface area contributed by atoms with Gasteiger partial charge in [0.05, 0.1) is 5.92 Å². The van der Waals surface area contributed by atoms with Crippen molar-refractivity contribution in [2.24, 2.45) is 17.3 Å². The monoisotopic (exact) mass is 497 g/mol. The van der Waals surface area contributed by atoms with Crippen LogP contribution in [0, 0.1) is 35.5 Å². The molecule has 3 atom stereocenters. The van der Waals surface area contributed by atoms with Gasteiger partial charge in [0, 0.05) is 16.7 Å². The van der Waals surface area contributed by atoms with Crippen molar-refractivity contribution in [3.8, 4) is 6.07 Å². The number of nitrogens with zero attached hydrogens (tertiary/aromatic N) is 1. The first-order valence-corrected chi connectivity index (χ1v) is 10.7. The smallest absolute Gasteiger partial charge is 0.426 e. The zero-order chi connectivity index (χ0) is 25.5. The van der Waals surface area contributed by atoms with Crippen molar-refractivity contribution in [2.75, 3.05) is 0 Å². The third-order valence-corrected chi connectivity index (χ3v) is 6.42. The van der Waals surface area contributed by atoms with E-state index in [9.17, 15) is 23.2 Å². The third-order valence-electron chi connectivity index (χ3n) is 6.08. The fraction of sp³-hybridized carbons (Fsp3) is 0.360. The Morgan fingerprint density at radius 3 is 2.29 bits per heavy atom. The first kappa shape index (κ1) is 25.7. The highest BCUT2D eigenvalue weighted by Crippen LogP contribution is 2.60. The van der Waals surface area contributed by atoms with E-state index in [0.717, 1.165) is 17.7 Å². The zero-order valence-corrected chi connectivity index (χ0v) is 19.2. The maximum Gasteiger partial charge on any atom is 0.426 e. The van der Waals surface area contributed by atoms with Crippen molar-refractivity contribution in [2.45, 2.75) is 39.0 Å². The van der Waals surface area contributed by atoms with E-state index in [1.807, 2.05) is 0 Å². The van der Waals surface area contributed by atoms with Crippen LogP contribution in [-0.4, -0.2) is 12.1 Å². The van der Waals surface area contributed by atoms with E-state index in [2.05, 4.69) is 0 Å². The average Bonchev–Trinajstić information content (AvgIpc) is 3.31. The molecule has 3 unspecified atom stereocenters. The molecule has 0 N–H and O–H groups in total. The van der Waals surface area contributed by atoms with Crippen LogP contribution in [0.4, 0.5) is 22.0 Å². The predicted octanol–water partition coefficient (Wildman–Crippen LogP) is 7.20. The highest BCUT2D eigenvalue weighted by molar-refractivity contribution is 6.30. The van der Waals surface area contributed by atoms with Gasteiger partial charge in [-0.15, -0.1) is 0 Å². The van der Waals surface area contributed by atoms with Gasteiger partial charge in [-0.2, -0.15) is 27.2 Å². The van der Waals surface area contributed by atoms with Crippen LogP contribution in [0.25, 0.3) is 0 Å². The molecule has 3 rings (SSSR count). The molecular formula is C25H21ClF5NO2. The van der Waals surface area contributed by atoms with E-state index in [1.165, 1.54) is 30.3 Å². The normalized spacial score (nSPS) is 20.9. The Bertz CT molecular complexity index is 1150. The summed E-state index contributed by atoms with van der Waals surface area (Å²) in [7, 11) is 0. The van der Waals surface area contributed by atoms with Crippen molar-refractivity contribution in [3.05, 3.63) is 81.9 Å². The topological polar surface area (TPSA) is 50.1 Å². The average molecular weight is 498 g/mol. The third kappa shape index (κ3) is 5.10. The summed E-state index contributed by atoms with van der Waals surface area (Å²) >= 11 is 5.30. The van der Waals surface area contributed by atoms with Crippen LogP contribution in [0.2, 0.25) is 0 Å². The highest BCUT2D eigenvalue weighted by atomic mass is 35.5. The maximum absolute atomic E-state index is 15.0. The Labute approximate surface area is 198 Å². The Morgan fingerprint density at radius 1 is 1.12 bits per heavy atom. The number of esters is 1. The highest BCUT2D eigenvalue weighted by Gasteiger charge is 2.62. The van der Waals surface area contributed by atoms with Crippen LogP contribution in [-0.2, 0) is 15.5 Å². The van der Waals surface area contributed by atoms with Crippen molar-refractivity contribution >= 4 is 17.6 Å². The largest absolute Gasteiger partial charge is 0.442 e. The lowest BCUT2D eigenvalue weighted by atomic mass is 9.96. The molecule has 34 heavy (non-hydrogen) atoms. The summed E-state index contributed by atoms with van der Waals surface area (Å²) in [5.74, 6) is -6.07. The van der Waals surface area contributed by atoms with E-state index in [1.54, 1.807) is 39.0 Å². The molecular weight excluding hydrogens is 477 g/mol. The van der Waals surface area contributed by atoms with Crippen molar-refractivity contribution in [1.29, 1.82) is 5.26 Å².